The van der Waals surface area contributed by atoms with E-state index >= 15 is 0 Å². The summed E-state index contributed by atoms with van der Waals surface area (Å²) in [5, 5.41) is 0. The highest BCUT2D eigenvalue weighted by Gasteiger charge is 2.44. The van der Waals surface area contributed by atoms with Gasteiger partial charge in [-0.15, -0.1) is 0 Å². The van der Waals surface area contributed by atoms with Crippen molar-refractivity contribution in [3.05, 3.63) is 59.2 Å². The van der Waals surface area contributed by atoms with Gasteiger partial charge in [0.25, 0.3) is 0 Å². The highest BCUT2D eigenvalue weighted by Crippen LogP contribution is 2.36. The molecule has 0 heterocycles. The van der Waals surface area contributed by atoms with Crippen LogP contribution in [0.2, 0.25) is 0 Å². The Kier molecular flexibility index (Phi) is 7.43. The van der Waals surface area contributed by atoms with E-state index in [4.69, 9.17) is 4.74 Å². The number of hydrogen-bond acceptors (Lipinski definition) is 2. The van der Waals surface area contributed by atoms with Crippen molar-refractivity contribution >= 4 is 0 Å². The first-order valence-electron chi connectivity index (χ1n) is 9.15. The molecule has 0 amide bonds. The van der Waals surface area contributed by atoms with E-state index in [0.717, 1.165) is 12.1 Å². The van der Waals surface area contributed by atoms with Gasteiger partial charge in [0.05, 0.1) is 6.10 Å². The summed E-state index contributed by atoms with van der Waals surface area (Å²) in [4.78, 5) is 0. The fraction of sp³-hybridized carbons (Fsp3) is 0.429. The maximum atomic E-state index is 14.0. The van der Waals surface area contributed by atoms with Gasteiger partial charge >= 0.3 is 12.5 Å². The van der Waals surface area contributed by atoms with Gasteiger partial charge in [0.15, 0.2) is 11.6 Å². The van der Waals surface area contributed by atoms with Crippen molar-refractivity contribution in [2.45, 2.75) is 58.2 Å². The van der Waals surface area contributed by atoms with Crippen molar-refractivity contribution in [2.75, 3.05) is 0 Å². The van der Waals surface area contributed by atoms with Gasteiger partial charge in [0.2, 0.25) is 0 Å². The van der Waals surface area contributed by atoms with E-state index in [1.165, 1.54) is 18.2 Å². The minimum absolute atomic E-state index is 0.00992. The van der Waals surface area contributed by atoms with Gasteiger partial charge in [-0.3, -0.25) is 0 Å². The average molecular weight is 420 g/mol. The smallest absolute Gasteiger partial charge is 0.461 e. The van der Waals surface area contributed by atoms with Crippen LogP contribution in [0.4, 0.5) is 26.3 Å². The van der Waals surface area contributed by atoms with Crippen LogP contribution in [-0.4, -0.2) is 18.6 Å². The summed E-state index contributed by atoms with van der Waals surface area (Å²) >= 11 is 0. The average Bonchev–Trinajstić information content (AvgIpc) is 2.60. The second-order valence-corrected chi connectivity index (χ2v) is 6.88. The Labute approximate surface area is 165 Å². The van der Waals surface area contributed by atoms with Gasteiger partial charge in [-0.1, -0.05) is 19.4 Å². The van der Waals surface area contributed by atoms with E-state index in [0.29, 0.717) is 24.5 Å². The topological polar surface area (TPSA) is 18.5 Å². The predicted molar refractivity (Wildman–Crippen MR) is 96.9 cm³/mol. The molecule has 29 heavy (non-hydrogen) atoms. The molecular formula is C21H22F6O2. The molecule has 0 saturated heterocycles. The molecule has 0 spiro atoms. The van der Waals surface area contributed by atoms with E-state index < -0.39 is 35.8 Å². The molecule has 0 aliphatic carbocycles. The van der Waals surface area contributed by atoms with Crippen LogP contribution >= 0.6 is 0 Å². The lowest BCUT2D eigenvalue weighted by Gasteiger charge is -2.22. The van der Waals surface area contributed by atoms with Gasteiger partial charge in [-0.05, 0) is 55.7 Å². The molecule has 0 aliphatic rings. The molecule has 160 valence electrons. The quantitative estimate of drug-likeness (QED) is 0.410. The number of hydrogen-bond donors (Lipinski definition) is 0. The molecule has 1 atom stereocenters. The molecule has 0 saturated carbocycles. The minimum Gasteiger partial charge on any atom is -0.488 e. The fourth-order valence-corrected chi connectivity index (χ4v) is 2.94. The van der Waals surface area contributed by atoms with Crippen LogP contribution in [0, 0.1) is 11.6 Å². The molecule has 0 fully saturated rings. The molecule has 0 aromatic heterocycles. The third-order valence-electron chi connectivity index (χ3n) is 4.10. The van der Waals surface area contributed by atoms with Crippen LogP contribution in [-0.2, 0) is 0 Å². The number of rotatable bonds is 9. The van der Waals surface area contributed by atoms with Crippen LogP contribution < -0.4 is 9.47 Å². The Hall–Kier alpha value is -2.38. The number of ether oxygens (including phenoxy) is 2. The Morgan fingerprint density at radius 3 is 2.24 bits per heavy atom. The summed E-state index contributed by atoms with van der Waals surface area (Å²) in [6.07, 6.45) is -7.98. The van der Waals surface area contributed by atoms with E-state index in [2.05, 4.69) is 4.74 Å². The molecule has 2 aromatic carbocycles. The Morgan fingerprint density at radius 1 is 0.966 bits per heavy atom. The third kappa shape index (κ3) is 6.05. The second kappa shape index (κ2) is 9.41. The van der Waals surface area contributed by atoms with Crippen molar-refractivity contribution < 1.29 is 35.8 Å². The zero-order valence-electron chi connectivity index (χ0n) is 16.2. The van der Waals surface area contributed by atoms with E-state index in [1.807, 2.05) is 6.92 Å². The maximum Gasteiger partial charge on any atom is 0.461 e. The first-order chi connectivity index (χ1) is 13.5. The molecule has 0 aliphatic heterocycles. The van der Waals surface area contributed by atoms with Crippen LogP contribution in [0.15, 0.2) is 36.4 Å². The Bertz CT molecular complexity index is 823. The molecule has 0 radical (unpaired) electrons. The molecule has 2 aromatic rings. The fourth-order valence-electron chi connectivity index (χ4n) is 2.94. The minimum atomic E-state index is -4.75. The van der Waals surface area contributed by atoms with Gasteiger partial charge < -0.3 is 9.47 Å². The van der Waals surface area contributed by atoms with Crippen molar-refractivity contribution in [2.24, 2.45) is 0 Å². The predicted octanol–water partition coefficient (Wildman–Crippen LogP) is 6.92. The lowest BCUT2D eigenvalue weighted by molar-refractivity contribution is -0.253. The maximum absolute atomic E-state index is 14.0. The third-order valence-corrected chi connectivity index (χ3v) is 4.10. The second-order valence-electron chi connectivity index (χ2n) is 6.88. The lowest BCUT2D eigenvalue weighted by Crippen LogP contribution is -2.33. The SMILES string of the molecule is CCC[C@H](c1cc(F)cc(OC(F)(F)C(F)F)c1)c1ccc(F)c(OC(C)C)c1. The van der Waals surface area contributed by atoms with Crippen LogP contribution in [0.1, 0.15) is 50.7 Å². The van der Waals surface area contributed by atoms with Crippen molar-refractivity contribution in [1.29, 1.82) is 0 Å². The number of alkyl halides is 4. The molecule has 0 unspecified atom stereocenters. The van der Waals surface area contributed by atoms with Crippen LogP contribution in [0.5, 0.6) is 11.5 Å². The van der Waals surface area contributed by atoms with E-state index in [1.54, 1.807) is 13.8 Å². The molecule has 8 heteroatoms. The molecule has 0 bridgehead atoms. The number of benzene rings is 2. The zero-order chi connectivity index (χ0) is 21.8. The summed E-state index contributed by atoms with van der Waals surface area (Å²) in [7, 11) is 0. The summed E-state index contributed by atoms with van der Waals surface area (Å²) in [6, 6.07) is 6.97. The molecular weight excluding hydrogens is 398 g/mol. The molecule has 2 rings (SSSR count). The van der Waals surface area contributed by atoms with Crippen LogP contribution in [0.25, 0.3) is 0 Å². The largest absolute Gasteiger partial charge is 0.488 e. The van der Waals surface area contributed by atoms with Gasteiger partial charge in [-0.25, -0.2) is 8.78 Å². The standard InChI is InChI=1S/C21H22F6O2/c1-4-5-17(13-6-7-18(23)19(10-13)28-12(2)3)14-8-15(22)11-16(9-14)29-21(26,27)20(24)25/h6-12,17,20H,4-5H2,1-3H3/t17-/m0/s1. The summed E-state index contributed by atoms with van der Waals surface area (Å²) in [5.74, 6) is -2.70. The summed E-state index contributed by atoms with van der Waals surface area (Å²) in [5.41, 5.74) is 0.815. The van der Waals surface area contributed by atoms with Crippen molar-refractivity contribution in [3.8, 4) is 11.5 Å². The Balaban J connectivity index is 2.45. The molecule has 0 N–H and O–H groups in total. The van der Waals surface area contributed by atoms with E-state index in [9.17, 15) is 26.3 Å². The summed E-state index contributed by atoms with van der Waals surface area (Å²) < 4.78 is 88.8. The first-order valence-corrected chi connectivity index (χ1v) is 9.15. The van der Waals surface area contributed by atoms with Gasteiger partial charge in [0, 0.05) is 12.0 Å². The van der Waals surface area contributed by atoms with Gasteiger partial charge in [0.1, 0.15) is 11.6 Å². The normalized spacial score (nSPS) is 13.1. The van der Waals surface area contributed by atoms with E-state index in [-0.39, 0.29) is 17.4 Å². The monoisotopic (exact) mass is 420 g/mol. The highest BCUT2D eigenvalue weighted by atomic mass is 19.3. The zero-order valence-corrected chi connectivity index (χ0v) is 16.2. The molecule has 2 nitrogen and oxygen atoms in total. The summed E-state index contributed by atoms with van der Waals surface area (Å²) in [6.45, 7) is 5.33. The Morgan fingerprint density at radius 2 is 1.66 bits per heavy atom. The highest BCUT2D eigenvalue weighted by molar-refractivity contribution is 5.41. The first kappa shape index (κ1) is 22.9. The van der Waals surface area contributed by atoms with Gasteiger partial charge in [-0.2, -0.15) is 17.6 Å². The van der Waals surface area contributed by atoms with Crippen LogP contribution in [0.3, 0.4) is 0 Å². The number of halogens is 6. The van der Waals surface area contributed by atoms with Crippen molar-refractivity contribution in [1.82, 2.24) is 0 Å². The lowest BCUT2D eigenvalue weighted by atomic mass is 9.87. The van der Waals surface area contributed by atoms with Crippen molar-refractivity contribution in [3.63, 3.8) is 0 Å².